The van der Waals surface area contributed by atoms with Crippen LogP contribution in [0.4, 0.5) is 0 Å². The quantitative estimate of drug-likeness (QED) is 0.0458. The Kier molecular flexibility index (Phi) is 16.8. The van der Waals surface area contributed by atoms with Crippen molar-refractivity contribution in [3.63, 3.8) is 0 Å². The number of hydrogen-bond acceptors (Lipinski definition) is 4. The molecular formula is C57H82B2O4. The molecule has 1 aliphatic heterocycles. The van der Waals surface area contributed by atoms with Gasteiger partial charge in [0.1, 0.15) is 0 Å². The van der Waals surface area contributed by atoms with Gasteiger partial charge in [0.25, 0.3) is 0 Å². The predicted molar refractivity (Wildman–Crippen MR) is 270 cm³/mol. The van der Waals surface area contributed by atoms with Gasteiger partial charge in [-0.3, -0.25) is 0 Å². The summed E-state index contributed by atoms with van der Waals surface area (Å²) in [6, 6.07) is 29.4. The van der Waals surface area contributed by atoms with Crippen LogP contribution in [0.15, 0.2) is 72.8 Å². The molecule has 1 fully saturated rings. The van der Waals surface area contributed by atoms with Gasteiger partial charge in [0.05, 0.1) is 16.6 Å². The standard InChI is InChI=1S/C57H82B2O4/c1-13-18-21-24-27-43-34-42(6)35-46(37-43)57(47-38-44(28-25-22-19-14-2)36-45(39-47)29-26-23-20-15-3)52-40-48(58(60-17-5)61-54(7,8)16-4)30-32-50(52)51-33-31-49(41-53(51)57)59-62-55(9,10)56(11,12)63-59/h30-41H,13-29H2,1-12H3. The van der Waals surface area contributed by atoms with E-state index in [9.17, 15) is 0 Å². The Labute approximate surface area is 385 Å². The lowest BCUT2D eigenvalue weighted by Gasteiger charge is -2.36. The highest BCUT2D eigenvalue weighted by Gasteiger charge is 2.53. The van der Waals surface area contributed by atoms with Gasteiger partial charge >= 0.3 is 14.2 Å². The molecule has 0 spiro atoms. The third-order valence-electron chi connectivity index (χ3n) is 14.6. The Morgan fingerprint density at radius 3 is 1.57 bits per heavy atom. The van der Waals surface area contributed by atoms with E-state index < -0.39 is 30.9 Å². The van der Waals surface area contributed by atoms with E-state index in [1.807, 2.05) is 0 Å². The van der Waals surface area contributed by atoms with Gasteiger partial charge in [0.15, 0.2) is 0 Å². The van der Waals surface area contributed by atoms with Crippen LogP contribution in [0.2, 0.25) is 0 Å². The lowest BCUT2D eigenvalue weighted by atomic mass is 9.64. The summed E-state index contributed by atoms with van der Waals surface area (Å²) in [4.78, 5) is 0. The summed E-state index contributed by atoms with van der Waals surface area (Å²) in [5.41, 5.74) is 13.7. The molecule has 0 amide bonds. The molecule has 4 aromatic carbocycles. The van der Waals surface area contributed by atoms with Crippen molar-refractivity contribution in [2.75, 3.05) is 6.61 Å². The van der Waals surface area contributed by atoms with Crippen LogP contribution in [-0.4, -0.2) is 37.6 Å². The molecule has 63 heavy (non-hydrogen) atoms. The third kappa shape index (κ3) is 11.1. The normalized spacial score (nSPS) is 17.6. The third-order valence-corrected chi connectivity index (χ3v) is 14.6. The SMILES string of the molecule is CCCCCCc1cc(C)cc(C2(c3cc(CCCCCC)cc(CCCCCC)c3)c3cc(B(OCC)OC(C)(C)CC)ccc3-c3ccc(B4OC(C)(C)C(C)(C)O4)cc32)c1. The fraction of sp³-hybridized carbons (Fsp3) is 0.579. The van der Waals surface area contributed by atoms with E-state index >= 15 is 0 Å². The number of hydrogen-bond donors (Lipinski definition) is 0. The van der Waals surface area contributed by atoms with Gasteiger partial charge in [0.2, 0.25) is 0 Å². The van der Waals surface area contributed by atoms with Crippen molar-refractivity contribution in [3.05, 3.63) is 117 Å². The second-order valence-electron chi connectivity index (χ2n) is 20.6. The average molecular weight is 853 g/mol. The zero-order valence-electron chi connectivity index (χ0n) is 41.7. The molecule has 0 radical (unpaired) electrons. The second kappa shape index (κ2) is 21.4. The first-order valence-corrected chi connectivity index (χ1v) is 25.3. The minimum Gasteiger partial charge on any atom is -0.408 e. The number of fused-ring (bicyclic) bond motifs is 3. The number of unbranched alkanes of at least 4 members (excludes halogenated alkanes) is 9. The summed E-state index contributed by atoms with van der Waals surface area (Å²) in [5, 5.41) is 0. The molecular weight excluding hydrogens is 770 g/mol. The van der Waals surface area contributed by atoms with E-state index in [0.29, 0.717) is 6.61 Å². The highest BCUT2D eigenvalue weighted by Crippen LogP contribution is 2.56. The molecule has 1 atom stereocenters. The van der Waals surface area contributed by atoms with Crippen molar-refractivity contribution in [2.24, 2.45) is 0 Å². The minimum atomic E-state index is -0.626. The Morgan fingerprint density at radius 1 is 0.571 bits per heavy atom. The van der Waals surface area contributed by atoms with Gasteiger partial charge < -0.3 is 18.6 Å². The maximum Gasteiger partial charge on any atom is 0.494 e. The van der Waals surface area contributed by atoms with E-state index in [1.165, 1.54) is 133 Å². The highest BCUT2D eigenvalue weighted by atomic mass is 16.7. The van der Waals surface area contributed by atoms with E-state index in [4.69, 9.17) is 18.6 Å². The molecule has 1 aliphatic carbocycles. The molecule has 0 saturated carbocycles. The van der Waals surface area contributed by atoms with Crippen molar-refractivity contribution in [3.8, 4) is 11.1 Å². The van der Waals surface area contributed by atoms with Crippen LogP contribution in [0.5, 0.6) is 0 Å². The van der Waals surface area contributed by atoms with Crippen LogP contribution in [0.3, 0.4) is 0 Å². The molecule has 1 saturated heterocycles. The fourth-order valence-corrected chi connectivity index (χ4v) is 9.90. The van der Waals surface area contributed by atoms with E-state index in [2.05, 4.69) is 156 Å². The molecule has 4 nitrogen and oxygen atoms in total. The van der Waals surface area contributed by atoms with Crippen molar-refractivity contribution in [1.82, 2.24) is 0 Å². The van der Waals surface area contributed by atoms with Crippen molar-refractivity contribution < 1.29 is 18.6 Å². The number of benzene rings is 4. The largest absolute Gasteiger partial charge is 0.494 e. The summed E-state index contributed by atoms with van der Waals surface area (Å²) in [5.74, 6) is 0. The number of aryl methyl sites for hydroxylation is 4. The molecule has 6 rings (SSSR count). The lowest BCUT2D eigenvalue weighted by molar-refractivity contribution is 0.00578. The van der Waals surface area contributed by atoms with Gasteiger partial charge in [-0.05, 0) is 161 Å². The van der Waals surface area contributed by atoms with E-state index in [-0.39, 0.29) is 5.60 Å². The van der Waals surface area contributed by atoms with Crippen molar-refractivity contribution in [1.29, 1.82) is 0 Å². The highest BCUT2D eigenvalue weighted by molar-refractivity contribution is 6.62. The Bertz CT molecular complexity index is 2070. The summed E-state index contributed by atoms with van der Waals surface area (Å²) >= 11 is 0. The zero-order valence-corrected chi connectivity index (χ0v) is 41.7. The van der Waals surface area contributed by atoms with Gasteiger partial charge in [-0.1, -0.05) is 164 Å². The molecule has 0 aromatic heterocycles. The zero-order chi connectivity index (χ0) is 45.4. The fourth-order valence-electron chi connectivity index (χ4n) is 9.90. The first-order chi connectivity index (χ1) is 30.1. The maximum absolute atomic E-state index is 6.87. The van der Waals surface area contributed by atoms with Gasteiger partial charge in [-0.15, -0.1) is 0 Å². The van der Waals surface area contributed by atoms with Gasteiger partial charge in [-0.2, -0.15) is 0 Å². The monoisotopic (exact) mass is 853 g/mol. The Hall–Kier alpha value is -3.15. The maximum atomic E-state index is 6.87. The Balaban J connectivity index is 1.69. The molecule has 1 heterocycles. The van der Waals surface area contributed by atoms with Crippen LogP contribution < -0.4 is 10.9 Å². The minimum absolute atomic E-state index is 0.349. The number of rotatable bonds is 24. The second-order valence-corrected chi connectivity index (χ2v) is 20.6. The molecule has 4 aromatic rings. The topological polar surface area (TPSA) is 36.9 Å². The summed E-state index contributed by atoms with van der Waals surface area (Å²) in [6.07, 6.45) is 19.1. The van der Waals surface area contributed by atoms with Crippen LogP contribution in [-0.2, 0) is 43.3 Å². The molecule has 0 N–H and O–H groups in total. The molecule has 0 bridgehead atoms. The van der Waals surface area contributed by atoms with E-state index in [1.54, 1.807) is 0 Å². The summed E-state index contributed by atoms with van der Waals surface area (Å²) in [7, 11) is -0.974. The van der Waals surface area contributed by atoms with Crippen LogP contribution in [0.1, 0.15) is 204 Å². The molecule has 2 aliphatic rings. The van der Waals surface area contributed by atoms with Crippen LogP contribution >= 0.6 is 0 Å². The summed E-state index contributed by atoms with van der Waals surface area (Å²) < 4.78 is 27.0. The van der Waals surface area contributed by atoms with Crippen LogP contribution in [0, 0.1) is 6.92 Å². The molecule has 340 valence electrons. The Morgan fingerprint density at radius 2 is 1.06 bits per heavy atom. The summed E-state index contributed by atoms with van der Waals surface area (Å²) in [6.45, 7) is 27.0. The smallest absolute Gasteiger partial charge is 0.408 e. The van der Waals surface area contributed by atoms with Crippen molar-refractivity contribution >= 4 is 25.2 Å². The van der Waals surface area contributed by atoms with Gasteiger partial charge in [-0.25, -0.2) is 0 Å². The van der Waals surface area contributed by atoms with Crippen molar-refractivity contribution in [2.45, 2.75) is 208 Å². The lowest BCUT2D eigenvalue weighted by Crippen LogP contribution is -2.44. The van der Waals surface area contributed by atoms with Gasteiger partial charge in [0, 0.05) is 12.2 Å². The molecule has 1 unspecified atom stereocenters. The van der Waals surface area contributed by atoms with E-state index in [0.717, 1.165) is 36.6 Å². The predicted octanol–water partition coefficient (Wildman–Crippen LogP) is 14.0. The van der Waals surface area contributed by atoms with Crippen LogP contribution in [0.25, 0.3) is 11.1 Å². The first kappa shape index (κ1) is 49.3. The molecule has 6 heteroatoms. The average Bonchev–Trinajstić information content (AvgIpc) is 3.67. The first-order valence-electron chi connectivity index (χ1n) is 25.3.